The number of anilines is 1. The van der Waals surface area contributed by atoms with Gasteiger partial charge < -0.3 is 10.3 Å². The molecule has 0 radical (unpaired) electrons. The van der Waals surface area contributed by atoms with Crippen LogP contribution in [0.25, 0.3) is 22.2 Å². The fourth-order valence-corrected chi connectivity index (χ4v) is 2.04. The van der Waals surface area contributed by atoms with Gasteiger partial charge in [-0.3, -0.25) is 0 Å². The van der Waals surface area contributed by atoms with Crippen LogP contribution in [-0.4, -0.2) is 9.55 Å². The third-order valence-corrected chi connectivity index (χ3v) is 3.04. The zero-order chi connectivity index (χ0) is 12.7. The van der Waals surface area contributed by atoms with Crippen molar-refractivity contribution in [2.75, 3.05) is 5.73 Å². The Morgan fingerprint density at radius 2 is 2.00 bits per heavy atom. The number of benzene rings is 1. The molecule has 0 unspecified atom stereocenters. The van der Waals surface area contributed by atoms with Crippen LogP contribution in [0.5, 0.6) is 0 Å². The van der Waals surface area contributed by atoms with E-state index in [0.717, 1.165) is 22.2 Å². The maximum absolute atomic E-state index is 13.1. The number of rotatable bonds is 1. The minimum absolute atomic E-state index is 0.153. The van der Waals surface area contributed by atoms with Crippen LogP contribution in [0.15, 0.2) is 42.7 Å². The Kier molecular flexibility index (Phi) is 2.30. The number of aromatic nitrogens is 2. The van der Waals surface area contributed by atoms with Crippen LogP contribution in [0.2, 0.25) is 0 Å². The van der Waals surface area contributed by atoms with Gasteiger partial charge in [0.1, 0.15) is 11.5 Å². The molecule has 1 aromatic carbocycles. The van der Waals surface area contributed by atoms with Crippen LogP contribution in [0, 0.1) is 5.82 Å². The van der Waals surface area contributed by atoms with E-state index < -0.39 is 5.82 Å². The van der Waals surface area contributed by atoms with Crippen LogP contribution < -0.4 is 5.73 Å². The van der Waals surface area contributed by atoms with Crippen molar-refractivity contribution in [3.63, 3.8) is 0 Å². The normalized spacial score (nSPS) is 11.0. The summed E-state index contributed by atoms with van der Waals surface area (Å²) in [6.45, 7) is 0. The van der Waals surface area contributed by atoms with E-state index in [9.17, 15) is 4.39 Å². The average molecular weight is 241 g/mol. The summed E-state index contributed by atoms with van der Waals surface area (Å²) >= 11 is 0. The highest BCUT2D eigenvalue weighted by molar-refractivity contribution is 5.82. The van der Waals surface area contributed by atoms with Crippen molar-refractivity contribution in [1.29, 1.82) is 0 Å². The highest BCUT2D eigenvalue weighted by atomic mass is 19.1. The first-order chi connectivity index (χ1) is 8.65. The minimum atomic E-state index is -0.396. The van der Waals surface area contributed by atoms with E-state index in [4.69, 9.17) is 5.73 Å². The fourth-order valence-electron chi connectivity index (χ4n) is 2.04. The van der Waals surface area contributed by atoms with E-state index in [-0.39, 0.29) is 5.69 Å². The zero-order valence-corrected chi connectivity index (χ0v) is 9.89. The number of aryl methyl sites for hydroxylation is 1. The van der Waals surface area contributed by atoms with Crippen LogP contribution in [0.1, 0.15) is 0 Å². The monoisotopic (exact) mass is 241 g/mol. The lowest BCUT2D eigenvalue weighted by Crippen LogP contribution is -1.92. The summed E-state index contributed by atoms with van der Waals surface area (Å²) < 4.78 is 15.1. The average Bonchev–Trinajstić information content (AvgIpc) is 2.74. The van der Waals surface area contributed by atoms with Crippen LogP contribution in [-0.2, 0) is 7.05 Å². The number of pyridine rings is 1. The Morgan fingerprint density at radius 1 is 1.17 bits per heavy atom. The lowest BCUT2D eigenvalue weighted by Gasteiger charge is -2.04. The highest BCUT2D eigenvalue weighted by Gasteiger charge is 2.05. The van der Waals surface area contributed by atoms with Crippen molar-refractivity contribution in [2.45, 2.75) is 0 Å². The molecule has 2 aromatic heterocycles. The van der Waals surface area contributed by atoms with E-state index in [2.05, 4.69) is 4.98 Å². The second-order valence-electron chi connectivity index (χ2n) is 4.30. The molecule has 90 valence electrons. The fraction of sp³-hybridized carbons (Fsp3) is 0.0714. The zero-order valence-electron chi connectivity index (χ0n) is 9.89. The predicted octanol–water partition coefficient (Wildman–Crippen LogP) is 2.96. The van der Waals surface area contributed by atoms with Gasteiger partial charge in [-0.2, -0.15) is 0 Å². The summed E-state index contributed by atoms with van der Waals surface area (Å²) in [4.78, 5) is 4.40. The number of fused-ring (bicyclic) bond motifs is 1. The highest BCUT2D eigenvalue weighted by Crippen LogP contribution is 2.25. The lowest BCUT2D eigenvalue weighted by molar-refractivity contribution is 0.632. The quantitative estimate of drug-likeness (QED) is 0.666. The molecule has 18 heavy (non-hydrogen) atoms. The first kappa shape index (κ1) is 10.8. The second kappa shape index (κ2) is 3.84. The van der Waals surface area contributed by atoms with E-state index >= 15 is 0 Å². The SMILES string of the molecule is Cn1ccc2cc(-c3ccc(F)c(N)c3)cnc21. The molecule has 3 rings (SSSR count). The van der Waals surface area contributed by atoms with E-state index in [1.807, 2.05) is 29.9 Å². The number of hydrogen-bond acceptors (Lipinski definition) is 2. The van der Waals surface area contributed by atoms with Crippen molar-refractivity contribution in [3.8, 4) is 11.1 Å². The summed E-state index contributed by atoms with van der Waals surface area (Å²) in [5, 5.41) is 1.05. The van der Waals surface area contributed by atoms with Gasteiger partial charge in [-0.15, -0.1) is 0 Å². The number of hydrogen-bond donors (Lipinski definition) is 1. The Hall–Kier alpha value is -2.36. The first-order valence-electron chi connectivity index (χ1n) is 5.61. The van der Waals surface area contributed by atoms with Gasteiger partial charge in [-0.1, -0.05) is 6.07 Å². The number of halogens is 1. The maximum Gasteiger partial charge on any atom is 0.146 e. The summed E-state index contributed by atoms with van der Waals surface area (Å²) in [7, 11) is 1.95. The van der Waals surface area contributed by atoms with Gasteiger partial charge in [-0.25, -0.2) is 9.37 Å². The maximum atomic E-state index is 13.1. The molecule has 0 amide bonds. The Labute approximate surface area is 104 Å². The Bertz CT molecular complexity index is 731. The van der Waals surface area contributed by atoms with Gasteiger partial charge in [0.15, 0.2) is 0 Å². The molecule has 0 bridgehead atoms. The standard InChI is InChI=1S/C14H12FN3/c1-18-5-4-10-6-11(8-17-14(10)18)9-2-3-12(15)13(16)7-9/h2-8H,16H2,1H3. The molecule has 0 aliphatic heterocycles. The van der Waals surface area contributed by atoms with Crippen LogP contribution >= 0.6 is 0 Å². The molecule has 3 aromatic rings. The second-order valence-corrected chi connectivity index (χ2v) is 4.30. The number of nitrogen functional groups attached to an aromatic ring is 1. The number of nitrogens with zero attached hydrogens (tertiary/aromatic N) is 2. The van der Waals surface area contributed by atoms with Crippen LogP contribution in [0.3, 0.4) is 0 Å². The smallest absolute Gasteiger partial charge is 0.146 e. The predicted molar refractivity (Wildman–Crippen MR) is 70.5 cm³/mol. The molecule has 0 aliphatic rings. The topological polar surface area (TPSA) is 43.8 Å². The molecular formula is C14H12FN3. The molecule has 2 N–H and O–H groups in total. The van der Waals surface area contributed by atoms with Crippen molar-refractivity contribution >= 4 is 16.7 Å². The van der Waals surface area contributed by atoms with Crippen molar-refractivity contribution in [3.05, 3.63) is 48.5 Å². The molecule has 0 spiro atoms. The summed E-state index contributed by atoms with van der Waals surface area (Å²) in [6.07, 6.45) is 3.73. The van der Waals surface area contributed by atoms with Gasteiger partial charge >= 0.3 is 0 Å². The summed E-state index contributed by atoms with van der Waals surface area (Å²) in [6, 6.07) is 8.73. The van der Waals surface area contributed by atoms with Gasteiger partial charge in [0.05, 0.1) is 5.69 Å². The molecule has 0 fully saturated rings. The molecule has 2 heterocycles. The van der Waals surface area contributed by atoms with Crippen molar-refractivity contribution in [1.82, 2.24) is 9.55 Å². The van der Waals surface area contributed by atoms with E-state index in [1.165, 1.54) is 6.07 Å². The molecule has 3 nitrogen and oxygen atoms in total. The van der Waals surface area contributed by atoms with Gasteiger partial charge in [0.2, 0.25) is 0 Å². The van der Waals surface area contributed by atoms with Crippen molar-refractivity contribution in [2.24, 2.45) is 7.05 Å². The molecule has 0 atom stereocenters. The molecular weight excluding hydrogens is 229 g/mol. The van der Waals surface area contributed by atoms with Gasteiger partial charge in [-0.05, 0) is 29.8 Å². The lowest BCUT2D eigenvalue weighted by atomic mass is 10.1. The van der Waals surface area contributed by atoms with Gasteiger partial charge in [0.25, 0.3) is 0 Å². The van der Waals surface area contributed by atoms with E-state index in [1.54, 1.807) is 18.3 Å². The molecule has 0 saturated carbocycles. The summed E-state index contributed by atoms with van der Waals surface area (Å²) in [5.74, 6) is -0.396. The third kappa shape index (κ3) is 1.62. The third-order valence-electron chi connectivity index (χ3n) is 3.04. The first-order valence-corrected chi connectivity index (χ1v) is 5.61. The Balaban J connectivity index is 2.16. The van der Waals surface area contributed by atoms with E-state index in [0.29, 0.717) is 0 Å². The minimum Gasteiger partial charge on any atom is -0.396 e. The Morgan fingerprint density at radius 3 is 2.78 bits per heavy atom. The largest absolute Gasteiger partial charge is 0.396 e. The van der Waals surface area contributed by atoms with Crippen LogP contribution in [0.4, 0.5) is 10.1 Å². The van der Waals surface area contributed by atoms with Gasteiger partial charge in [0, 0.05) is 30.4 Å². The molecule has 0 aliphatic carbocycles. The number of nitrogens with two attached hydrogens (primary N) is 1. The molecule has 0 saturated heterocycles. The molecule has 4 heteroatoms. The summed E-state index contributed by atoms with van der Waals surface area (Å²) in [5.41, 5.74) is 8.45. The van der Waals surface area contributed by atoms with Crippen molar-refractivity contribution < 1.29 is 4.39 Å².